The van der Waals surface area contributed by atoms with E-state index < -0.39 is 0 Å². The molecule has 0 bridgehead atoms. The van der Waals surface area contributed by atoms with Gasteiger partial charge in [0.1, 0.15) is 0 Å². The minimum atomic E-state index is 0.426. The van der Waals surface area contributed by atoms with Gasteiger partial charge in [-0.3, -0.25) is 4.90 Å². The van der Waals surface area contributed by atoms with Gasteiger partial charge in [0, 0.05) is 51.2 Å². The summed E-state index contributed by atoms with van der Waals surface area (Å²) in [7, 11) is 0. The molecule has 0 amide bonds. The first-order chi connectivity index (χ1) is 9.33. The maximum absolute atomic E-state index is 6.16. The Labute approximate surface area is 114 Å². The second kappa shape index (κ2) is 5.84. The Balaban J connectivity index is 1.49. The van der Waals surface area contributed by atoms with Crippen molar-refractivity contribution in [1.82, 2.24) is 14.9 Å². The smallest absolute Gasteiger partial charge is 0.225 e. The largest absolute Gasteiger partial charge is 0.338 e. The van der Waals surface area contributed by atoms with Crippen molar-refractivity contribution >= 4 is 5.95 Å². The fourth-order valence-electron chi connectivity index (χ4n) is 3.21. The first-order valence-corrected chi connectivity index (χ1v) is 7.33. The fourth-order valence-corrected chi connectivity index (χ4v) is 3.21. The molecule has 2 N–H and O–H groups in total. The van der Waals surface area contributed by atoms with E-state index in [1.807, 2.05) is 18.5 Å². The molecule has 5 nitrogen and oxygen atoms in total. The number of nitrogens with two attached hydrogens (primary N) is 1. The highest BCUT2D eigenvalue weighted by Gasteiger charge is 2.27. The third-order valence-electron chi connectivity index (χ3n) is 4.42. The Morgan fingerprint density at radius 3 is 2.47 bits per heavy atom. The molecule has 19 heavy (non-hydrogen) atoms. The van der Waals surface area contributed by atoms with Crippen LogP contribution in [0.3, 0.4) is 0 Å². The minimum Gasteiger partial charge on any atom is -0.338 e. The van der Waals surface area contributed by atoms with Gasteiger partial charge in [-0.05, 0) is 24.8 Å². The Morgan fingerprint density at radius 1 is 1.11 bits per heavy atom. The SMILES string of the molecule is NC1CCCC1CN1CCN(c2ncccn2)CC1. The lowest BCUT2D eigenvalue weighted by molar-refractivity contribution is 0.211. The lowest BCUT2D eigenvalue weighted by atomic mass is 10.0. The van der Waals surface area contributed by atoms with Crippen LogP contribution >= 0.6 is 0 Å². The monoisotopic (exact) mass is 261 g/mol. The van der Waals surface area contributed by atoms with Gasteiger partial charge in [-0.2, -0.15) is 0 Å². The Morgan fingerprint density at radius 2 is 1.84 bits per heavy atom. The van der Waals surface area contributed by atoms with Crippen LogP contribution in [-0.2, 0) is 0 Å². The maximum Gasteiger partial charge on any atom is 0.225 e. The number of piperazine rings is 1. The predicted molar refractivity (Wildman–Crippen MR) is 76.0 cm³/mol. The van der Waals surface area contributed by atoms with Crippen molar-refractivity contribution in [1.29, 1.82) is 0 Å². The molecular weight excluding hydrogens is 238 g/mol. The van der Waals surface area contributed by atoms with Gasteiger partial charge < -0.3 is 10.6 Å². The molecular formula is C14H23N5. The van der Waals surface area contributed by atoms with Gasteiger partial charge in [-0.1, -0.05) is 6.42 Å². The first kappa shape index (κ1) is 12.8. The summed E-state index contributed by atoms with van der Waals surface area (Å²) in [6.45, 7) is 5.41. The molecule has 3 rings (SSSR count). The van der Waals surface area contributed by atoms with Gasteiger partial charge in [0.15, 0.2) is 0 Å². The predicted octanol–water partition coefficient (Wildman–Crippen LogP) is 0.726. The Bertz CT molecular complexity index is 388. The van der Waals surface area contributed by atoms with Crippen LogP contribution in [0.5, 0.6) is 0 Å². The molecule has 1 saturated heterocycles. The summed E-state index contributed by atoms with van der Waals surface area (Å²) in [5, 5.41) is 0. The Kier molecular flexibility index (Phi) is 3.94. The third-order valence-corrected chi connectivity index (χ3v) is 4.42. The molecule has 2 aliphatic rings. The van der Waals surface area contributed by atoms with Crippen LogP contribution < -0.4 is 10.6 Å². The lowest BCUT2D eigenvalue weighted by Gasteiger charge is -2.36. The topological polar surface area (TPSA) is 58.3 Å². The van der Waals surface area contributed by atoms with Gasteiger partial charge in [-0.15, -0.1) is 0 Å². The number of anilines is 1. The van der Waals surface area contributed by atoms with Crippen molar-refractivity contribution in [3.63, 3.8) is 0 Å². The average Bonchev–Trinajstić information content (AvgIpc) is 2.86. The second-order valence-electron chi connectivity index (χ2n) is 5.69. The van der Waals surface area contributed by atoms with Gasteiger partial charge >= 0.3 is 0 Å². The summed E-state index contributed by atoms with van der Waals surface area (Å²) in [6.07, 6.45) is 7.45. The molecule has 0 radical (unpaired) electrons. The van der Waals surface area contributed by atoms with E-state index in [2.05, 4.69) is 19.8 Å². The number of hydrogen-bond acceptors (Lipinski definition) is 5. The zero-order valence-electron chi connectivity index (χ0n) is 11.4. The molecule has 2 atom stereocenters. The van der Waals surface area contributed by atoms with Crippen molar-refractivity contribution in [3.05, 3.63) is 18.5 Å². The minimum absolute atomic E-state index is 0.426. The maximum atomic E-state index is 6.16. The summed E-state index contributed by atoms with van der Waals surface area (Å²) in [4.78, 5) is 13.5. The zero-order valence-corrected chi connectivity index (χ0v) is 11.4. The van der Waals surface area contributed by atoms with Crippen LogP contribution in [0.2, 0.25) is 0 Å². The van der Waals surface area contributed by atoms with E-state index in [1.165, 1.54) is 25.8 Å². The van der Waals surface area contributed by atoms with Crippen LogP contribution in [0.25, 0.3) is 0 Å². The quantitative estimate of drug-likeness (QED) is 0.869. The lowest BCUT2D eigenvalue weighted by Crippen LogP contribution is -2.49. The van der Waals surface area contributed by atoms with Crippen molar-refractivity contribution in [2.75, 3.05) is 37.6 Å². The van der Waals surface area contributed by atoms with Crippen LogP contribution in [-0.4, -0.2) is 53.6 Å². The van der Waals surface area contributed by atoms with E-state index in [0.29, 0.717) is 12.0 Å². The highest BCUT2D eigenvalue weighted by molar-refractivity contribution is 5.29. The molecule has 1 aliphatic heterocycles. The fraction of sp³-hybridized carbons (Fsp3) is 0.714. The summed E-state index contributed by atoms with van der Waals surface area (Å²) in [5.41, 5.74) is 6.16. The molecule has 0 spiro atoms. The molecule has 1 aromatic heterocycles. The molecule has 1 aromatic rings. The molecule has 1 aliphatic carbocycles. The number of rotatable bonds is 3. The molecule has 2 fully saturated rings. The normalized spacial score (nSPS) is 28.8. The van der Waals surface area contributed by atoms with E-state index in [0.717, 1.165) is 32.1 Å². The van der Waals surface area contributed by atoms with E-state index in [1.54, 1.807) is 0 Å². The standard InChI is InChI=1S/C14H23N5/c15-13-4-1-3-12(13)11-18-7-9-19(10-8-18)14-16-5-2-6-17-14/h2,5-6,12-13H,1,3-4,7-11,15H2. The van der Waals surface area contributed by atoms with E-state index >= 15 is 0 Å². The number of hydrogen-bond donors (Lipinski definition) is 1. The molecule has 0 aromatic carbocycles. The van der Waals surface area contributed by atoms with Crippen LogP contribution in [0, 0.1) is 5.92 Å². The second-order valence-corrected chi connectivity index (χ2v) is 5.69. The summed E-state index contributed by atoms with van der Waals surface area (Å²) in [5.74, 6) is 1.57. The molecule has 104 valence electrons. The average molecular weight is 261 g/mol. The van der Waals surface area contributed by atoms with E-state index in [4.69, 9.17) is 5.73 Å². The molecule has 2 heterocycles. The summed E-state index contributed by atoms with van der Waals surface area (Å²) < 4.78 is 0. The molecule has 1 saturated carbocycles. The van der Waals surface area contributed by atoms with Crippen molar-refractivity contribution in [2.45, 2.75) is 25.3 Å². The van der Waals surface area contributed by atoms with Crippen molar-refractivity contribution in [3.8, 4) is 0 Å². The highest BCUT2D eigenvalue weighted by atomic mass is 15.3. The molecule has 2 unspecified atom stereocenters. The number of nitrogens with zero attached hydrogens (tertiary/aromatic N) is 4. The van der Waals surface area contributed by atoms with Crippen LogP contribution in [0.4, 0.5) is 5.95 Å². The summed E-state index contributed by atoms with van der Waals surface area (Å²) >= 11 is 0. The third kappa shape index (κ3) is 3.04. The number of aromatic nitrogens is 2. The Hall–Kier alpha value is -1.20. The van der Waals surface area contributed by atoms with Gasteiger partial charge in [-0.25, -0.2) is 9.97 Å². The van der Waals surface area contributed by atoms with Crippen molar-refractivity contribution < 1.29 is 0 Å². The van der Waals surface area contributed by atoms with Crippen LogP contribution in [0.1, 0.15) is 19.3 Å². The zero-order chi connectivity index (χ0) is 13.1. The molecule has 5 heteroatoms. The highest BCUT2D eigenvalue weighted by Crippen LogP contribution is 2.25. The van der Waals surface area contributed by atoms with Gasteiger partial charge in [0.2, 0.25) is 5.95 Å². The van der Waals surface area contributed by atoms with E-state index in [-0.39, 0.29) is 0 Å². The van der Waals surface area contributed by atoms with Gasteiger partial charge in [0.25, 0.3) is 0 Å². The summed E-state index contributed by atoms with van der Waals surface area (Å²) in [6, 6.07) is 2.29. The first-order valence-electron chi connectivity index (χ1n) is 7.33. The van der Waals surface area contributed by atoms with Crippen LogP contribution in [0.15, 0.2) is 18.5 Å². The van der Waals surface area contributed by atoms with E-state index in [9.17, 15) is 0 Å². The van der Waals surface area contributed by atoms with Crippen molar-refractivity contribution in [2.24, 2.45) is 11.7 Å². The van der Waals surface area contributed by atoms with Gasteiger partial charge in [0.05, 0.1) is 0 Å².